The van der Waals surface area contributed by atoms with Crippen LogP contribution in [0.5, 0.6) is 5.75 Å². The van der Waals surface area contributed by atoms with Gasteiger partial charge in [0.1, 0.15) is 11.6 Å². The van der Waals surface area contributed by atoms with Crippen LogP contribution in [0.4, 0.5) is 4.39 Å². The fourth-order valence-corrected chi connectivity index (χ4v) is 2.10. The Morgan fingerprint density at radius 2 is 2.11 bits per heavy atom. The Kier molecular flexibility index (Phi) is 6.81. The first-order valence-electron chi connectivity index (χ1n) is 6.86. The minimum absolute atomic E-state index is 0.289. The van der Waals surface area contributed by atoms with Crippen LogP contribution in [0.15, 0.2) is 18.2 Å². The molecular formula is C15H25FN2O. The summed E-state index contributed by atoms with van der Waals surface area (Å²) in [6.07, 6.45) is 3.07. The van der Waals surface area contributed by atoms with Gasteiger partial charge in [-0.1, -0.05) is 19.4 Å². The summed E-state index contributed by atoms with van der Waals surface area (Å²) < 4.78 is 19.0. The van der Waals surface area contributed by atoms with E-state index in [0.717, 1.165) is 19.5 Å². The van der Waals surface area contributed by atoms with Gasteiger partial charge in [0.2, 0.25) is 0 Å². The van der Waals surface area contributed by atoms with Crippen LogP contribution in [0.25, 0.3) is 0 Å². The zero-order chi connectivity index (χ0) is 14.3. The van der Waals surface area contributed by atoms with E-state index < -0.39 is 0 Å². The predicted molar refractivity (Wildman–Crippen MR) is 76.9 cm³/mol. The number of halogens is 1. The summed E-state index contributed by atoms with van der Waals surface area (Å²) in [6, 6.07) is 4.48. The Morgan fingerprint density at radius 1 is 1.37 bits per heavy atom. The summed E-state index contributed by atoms with van der Waals surface area (Å²) in [4.78, 5) is 2.23. The van der Waals surface area contributed by atoms with E-state index >= 15 is 0 Å². The average Bonchev–Trinajstić information content (AvgIpc) is 2.42. The minimum atomic E-state index is -0.333. The van der Waals surface area contributed by atoms with Crippen LogP contribution < -0.4 is 10.5 Å². The standard InChI is InChI=1S/C15H25FN2O/c1-4-5-10-18(2)11-9-13(17)15-12(16)7-6-8-14(15)19-3/h6-8,13H,4-5,9-11,17H2,1-3H3. The van der Waals surface area contributed by atoms with Crippen molar-refractivity contribution in [3.05, 3.63) is 29.6 Å². The molecule has 1 aromatic rings. The van der Waals surface area contributed by atoms with Crippen molar-refractivity contribution in [3.63, 3.8) is 0 Å². The molecule has 0 spiro atoms. The van der Waals surface area contributed by atoms with E-state index in [2.05, 4.69) is 18.9 Å². The maximum atomic E-state index is 13.8. The second-order valence-electron chi connectivity index (χ2n) is 4.91. The Labute approximate surface area is 115 Å². The maximum Gasteiger partial charge on any atom is 0.131 e. The molecule has 108 valence electrons. The highest BCUT2D eigenvalue weighted by Crippen LogP contribution is 2.28. The molecule has 0 radical (unpaired) electrons. The van der Waals surface area contributed by atoms with Gasteiger partial charge in [-0.3, -0.25) is 0 Å². The zero-order valence-corrected chi connectivity index (χ0v) is 12.2. The number of ether oxygens (including phenoxy) is 1. The molecule has 0 amide bonds. The largest absolute Gasteiger partial charge is 0.496 e. The average molecular weight is 268 g/mol. The number of hydrogen-bond donors (Lipinski definition) is 1. The molecule has 0 saturated carbocycles. The predicted octanol–water partition coefficient (Wildman–Crippen LogP) is 2.96. The fraction of sp³-hybridized carbons (Fsp3) is 0.600. The summed E-state index contributed by atoms with van der Waals surface area (Å²) in [6.45, 7) is 4.08. The van der Waals surface area contributed by atoms with Gasteiger partial charge in [-0.2, -0.15) is 0 Å². The van der Waals surface area contributed by atoms with Crippen molar-refractivity contribution < 1.29 is 9.13 Å². The zero-order valence-electron chi connectivity index (χ0n) is 12.2. The molecular weight excluding hydrogens is 243 g/mol. The van der Waals surface area contributed by atoms with Gasteiger partial charge in [0.15, 0.2) is 0 Å². The third kappa shape index (κ3) is 4.80. The van der Waals surface area contributed by atoms with Crippen molar-refractivity contribution in [1.29, 1.82) is 0 Å². The first kappa shape index (κ1) is 15.9. The van der Waals surface area contributed by atoms with Crippen LogP contribution in [-0.4, -0.2) is 32.1 Å². The molecule has 0 fully saturated rings. The van der Waals surface area contributed by atoms with E-state index in [0.29, 0.717) is 11.3 Å². The number of methoxy groups -OCH3 is 1. The summed E-state index contributed by atoms with van der Waals surface area (Å²) in [5.41, 5.74) is 6.58. The number of hydrogen-bond acceptors (Lipinski definition) is 3. The van der Waals surface area contributed by atoms with Crippen molar-refractivity contribution in [2.45, 2.75) is 32.2 Å². The third-order valence-corrected chi connectivity index (χ3v) is 3.32. The molecule has 1 rings (SSSR count). The molecule has 2 N–H and O–H groups in total. The number of nitrogens with zero attached hydrogens (tertiary/aromatic N) is 1. The van der Waals surface area contributed by atoms with E-state index in [1.807, 2.05) is 0 Å². The lowest BCUT2D eigenvalue weighted by molar-refractivity contribution is 0.309. The van der Waals surface area contributed by atoms with E-state index in [9.17, 15) is 4.39 Å². The van der Waals surface area contributed by atoms with E-state index in [1.54, 1.807) is 19.2 Å². The van der Waals surface area contributed by atoms with Crippen LogP contribution in [0.3, 0.4) is 0 Å². The molecule has 4 heteroatoms. The lowest BCUT2D eigenvalue weighted by Crippen LogP contribution is -2.25. The van der Waals surface area contributed by atoms with Crippen LogP contribution in [-0.2, 0) is 0 Å². The summed E-state index contributed by atoms with van der Waals surface area (Å²) in [7, 11) is 3.61. The molecule has 1 atom stereocenters. The highest BCUT2D eigenvalue weighted by atomic mass is 19.1. The smallest absolute Gasteiger partial charge is 0.131 e. The topological polar surface area (TPSA) is 38.5 Å². The molecule has 0 saturated heterocycles. The highest BCUT2D eigenvalue weighted by molar-refractivity contribution is 5.37. The lowest BCUT2D eigenvalue weighted by atomic mass is 10.0. The van der Waals surface area contributed by atoms with E-state index in [1.165, 1.54) is 18.9 Å². The van der Waals surface area contributed by atoms with E-state index in [4.69, 9.17) is 10.5 Å². The summed E-state index contributed by atoms with van der Waals surface area (Å²) in [5, 5.41) is 0. The van der Waals surface area contributed by atoms with Gasteiger partial charge < -0.3 is 15.4 Å². The van der Waals surface area contributed by atoms with Crippen LogP contribution >= 0.6 is 0 Å². The molecule has 0 aliphatic carbocycles. The Bertz CT molecular complexity index is 384. The minimum Gasteiger partial charge on any atom is -0.496 e. The fourth-order valence-electron chi connectivity index (χ4n) is 2.10. The number of nitrogens with two attached hydrogens (primary N) is 1. The van der Waals surface area contributed by atoms with Gasteiger partial charge in [0, 0.05) is 11.6 Å². The van der Waals surface area contributed by atoms with Crippen molar-refractivity contribution in [3.8, 4) is 5.75 Å². The molecule has 1 unspecified atom stereocenters. The second kappa shape index (κ2) is 8.12. The first-order chi connectivity index (χ1) is 9.10. The lowest BCUT2D eigenvalue weighted by Gasteiger charge is -2.21. The Balaban J connectivity index is 2.60. The van der Waals surface area contributed by atoms with Crippen molar-refractivity contribution >= 4 is 0 Å². The van der Waals surface area contributed by atoms with Gasteiger partial charge in [-0.05, 0) is 45.1 Å². The number of unbranched alkanes of at least 4 members (excludes halogenated alkanes) is 1. The maximum absolute atomic E-state index is 13.8. The van der Waals surface area contributed by atoms with Crippen LogP contribution in [0.2, 0.25) is 0 Å². The normalized spacial score (nSPS) is 12.7. The highest BCUT2D eigenvalue weighted by Gasteiger charge is 2.17. The van der Waals surface area contributed by atoms with Crippen molar-refractivity contribution in [2.24, 2.45) is 5.73 Å². The number of benzene rings is 1. The molecule has 0 aliphatic rings. The van der Waals surface area contributed by atoms with Gasteiger partial charge in [-0.15, -0.1) is 0 Å². The monoisotopic (exact) mass is 268 g/mol. The van der Waals surface area contributed by atoms with E-state index in [-0.39, 0.29) is 11.9 Å². The molecule has 19 heavy (non-hydrogen) atoms. The van der Waals surface area contributed by atoms with Gasteiger partial charge >= 0.3 is 0 Å². The molecule has 0 bridgehead atoms. The Hall–Kier alpha value is -1.13. The molecule has 1 aromatic carbocycles. The summed E-state index contributed by atoms with van der Waals surface area (Å²) >= 11 is 0. The van der Waals surface area contributed by atoms with Crippen molar-refractivity contribution in [1.82, 2.24) is 4.90 Å². The molecule has 3 nitrogen and oxygen atoms in total. The second-order valence-corrected chi connectivity index (χ2v) is 4.91. The Morgan fingerprint density at radius 3 is 2.74 bits per heavy atom. The van der Waals surface area contributed by atoms with Crippen molar-refractivity contribution in [2.75, 3.05) is 27.2 Å². The van der Waals surface area contributed by atoms with Gasteiger partial charge in [0.25, 0.3) is 0 Å². The molecule has 0 aliphatic heterocycles. The van der Waals surface area contributed by atoms with Gasteiger partial charge in [0.05, 0.1) is 7.11 Å². The number of rotatable bonds is 8. The SMILES string of the molecule is CCCCN(C)CCC(N)c1c(F)cccc1OC. The summed E-state index contributed by atoms with van der Waals surface area (Å²) in [5.74, 6) is 0.242. The molecule has 0 aromatic heterocycles. The van der Waals surface area contributed by atoms with Gasteiger partial charge in [-0.25, -0.2) is 4.39 Å². The van der Waals surface area contributed by atoms with Crippen LogP contribution in [0.1, 0.15) is 37.8 Å². The molecule has 0 heterocycles. The quantitative estimate of drug-likeness (QED) is 0.788. The first-order valence-corrected chi connectivity index (χ1v) is 6.86. The third-order valence-electron chi connectivity index (χ3n) is 3.32. The van der Waals surface area contributed by atoms with Crippen LogP contribution in [0, 0.1) is 5.82 Å².